The molecule has 0 saturated carbocycles. The second-order valence-electron chi connectivity index (χ2n) is 1.94. The van der Waals surface area contributed by atoms with Gasteiger partial charge in [-0.1, -0.05) is 0 Å². The van der Waals surface area contributed by atoms with Crippen LogP contribution in [0.4, 0.5) is 8.78 Å². The molecule has 0 amide bonds. The van der Waals surface area contributed by atoms with E-state index in [-0.39, 0.29) is 6.54 Å². The van der Waals surface area contributed by atoms with E-state index >= 15 is 0 Å². The monoisotopic (exact) mass is 150 g/mol. The lowest BCUT2D eigenvalue weighted by molar-refractivity contribution is 0.125. The molecule has 0 aromatic rings. The summed E-state index contributed by atoms with van der Waals surface area (Å²) >= 11 is 0. The molecule has 0 fully saturated rings. The molecular formula is C6H12F2N2. The largest absolute Gasteiger partial charge is 0.360 e. The van der Waals surface area contributed by atoms with Gasteiger partial charge in [0.15, 0.2) is 0 Å². The van der Waals surface area contributed by atoms with Crippen LogP contribution in [0, 0.1) is 0 Å². The summed E-state index contributed by atoms with van der Waals surface area (Å²) in [6.07, 6.45) is -0.861. The lowest BCUT2D eigenvalue weighted by atomic mass is 10.6. The minimum Gasteiger partial charge on any atom is -0.360 e. The van der Waals surface area contributed by atoms with Gasteiger partial charge in [0.1, 0.15) is 0 Å². The van der Waals surface area contributed by atoms with Crippen molar-refractivity contribution in [2.24, 2.45) is 4.99 Å². The Balaban J connectivity index is 3.42. The predicted molar refractivity (Wildman–Crippen MR) is 37.7 cm³/mol. The minimum atomic E-state index is -2.28. The first kappa shape index (κ1) is 9.33. The first-order valence-corrected chi connectivity index (χ1v) is 3.15. The van der Waals surface area contributed by atoms with Gasteiger partial charge in [0.05, 0.1) is 12.9 Å². The third kappa shape index (κ3) is 5.47. The fraction of sp³-hybridized carbons (Fsp3) is 0.833. The van der Waals surface area contributed by atoms with Crippen molar-refractivity contribution in [1.29, 1.82) is 0 Å². The average molecular weight is 150 g/mol. The van der Waals surface area contributed by atoms with Gasteiger partial charge in [0.25, 0.3) is 6.43 Å². The fourth-order valence-corrected chi connectivity index (χ4v) is 0.486. The van der Waals surface area contributed by atoms with Gasteiger partial charge in [0, 0.05) is 13.6 Å². The topological polar surface area (TPSA) is 15.6 Å². The third-order valence-electron chi connectivity index (χ3n) is 0.887. The molecule has 0 radical (unpaired) electrons. The molecular weight excluding hydrogens is 138 g/mol. The number of hydrogen-bond acceptors (Lipinski definition) is 1. The van der Waals surface area contributed by atoms with Crippen molar-refractivity contribution in [3.8, 4) is 0 Å². The molecule has 0 aromatic heterocycles. The van der Waals surface area contributed by atoms with E-state index in [2.05, 4.69) is 4.99 Å². The number of alkyl halides is 2. The molecule has 0 bridgehead atoms. The maximum atomic E-state index is 11.6. The maximum absolute atomic E-state index is 11.6. The van der Waals surface area contributed by atoms with Crippen LogP contribution < -0.4 is 0 Å². The number of rotatable bonds is 4. The normalized spacial score (nSPS) is 11.3. The van der Waals surface area contributed by atoms with Crippen molar-refractivity contribution in [3.63, 3.8) is 0 Å². The van der Waals surface area contributed by atoms with Crippen LogP contribution in [-0.2, 0) is 0 Å². The molecule has 0 saturated heterocycles. The average Bonchev–Trinajstić information content (AvgIpc) is 1.82. The Morgan fingerprint density at radius 2 is 2.20 bits per heavy atom. The van der Waals surface area contributed by atoms with E-state index in [1.807, 2.05) is 6.92 Å². The summed E-state index contributed by atoms with van der Waals surface area (Å²) in [6.45, 7) is 2.24. The van der Waals surface area contributed by atoms with Gasteiger partial charge in [-0.15, -0.1) is 0 Å². The van der Waals surface area contributed by atoms with Gasteiger partial charge in [-0.05, 0) is 6.92 Å². The number of halogens is 2. The second-order valence-corrected chi connectivity index (χ2v) is 1.94. The molecule has 60 valence electrons. The predicted octanol–water partition coefficient (Wildman–Crippen LogP) is 1.23. The standard InChI is InChI=1S/C6H12F2N2/c1-3-9-5-10(2)4-6(7)8/h5-6H,3-4H2,1-2H3. The summed E-state index contributed by atoms with van der Waals surface area (Å²) in [6, 6.07) is 0. The van der Waals surface area contributed by atoms with Gasteiger partial charge >= 0.3 is 0 Å². The fourth-order valence-electron chi connectivity index (χ4n) is 0.486. The van der Waals surface area contributed by atoms with Crippen LogP contribution in [0.15, 0.2) is 4.99 Å². The zero-order valence-electron chi connectivity index (χ0n) is 6.22. The zero-order chi connectivity index (χ0) is 7.98. The van der Waals surface area contributed by atoms with Crippen LogP contribution >= 0.6 is 0 Å². The highest BCUT2D eigenvalue weighted by Gasteiger charge is 2.02. The Hall–Kier alpha value is -0.670. The van der Waals surface area contributed by atoms with E-state index in [9.17, 15) is 8.78 Å². The van der Waals surface area contributed by atoms with E-state index < -0.39 is 6.43 Å². The van der Waals surface area contributed by atoms with Crippen LogP contribution in [-0.4, -0.2) is 37.8 Å². The summed E-state index contributed by atoms with van der Waals surface area (Å²) in [5.41, 5.74) is 0. The molecule has 0 rings (SSSR count). The quantitative estimate of drug-likeness (QED) is 0.434. The minimum absolute atomic E-state index is 0.247. The van der Waals surface area contributed by atoms with Crippen molar-refractivity contribution in [3.05, 3.63) is 0 Å². The molecule has 0 N–H and O–H groups in total. The van der Waals surface area contributed by atoms with E-state index in [1.165, 1.54) is 11.2 Å². The number of nitrogens with zero attached hydrogens (tertiary/aromatic N) is 2. The maximum Gasteiger partial charge on any atom is 0.255 e. The van der Waals surface area contributed by atoms with Crippen LogP contribution in [0.2, 0.25) is 0 Å². The highest BCUT2D eigenvalue weighted by atomic mass is 19.3. The van der Waals surface area contributed by atoms with E-state index in [0.717, 1.165) is 0 Å². The summed E-state index contributed by atoms with van der Waals surface area (Å²) in [4.78, 5) is 5.16. The summed E-state index contributed by atoms with van der Waals surface area (Å²) < 4.78 is 23.2. The molecule has 0 spiro atoms. The van der Waals surface area contributed by atoms with Gasteiger partial charge in [0.2, 0.25) is 0 Å². The van der Waals surface area contributed by atoms with E-state index in [0.29, 0.717) is 6.54 Å². The molecule has 0 aliphatic heterocycles. The molecule has 0 aliphatic carbocycles. The van der Waals surface area contributed by atoms with Crippen LogP contribution in [0.25, 0.3) is 0 Å². The molecule has 0 unspecified atom stereocenters. The zero-order valence-corrected chi connectivity index (χ0v) is 6.22. The lowest BCUT2D eigenvalue weighted by Gasteiger charge is -2.10. The SMILES string of the molecule is CCN=CN(C)CC(F)F. The van der Waals surface area contributed by atoms with E-state index in [1.54, 1.807) is 7.05 Å². The Morgan fingerprint density at radius 1 is 1.60 bits per heavy atom. The smallest absolute Gasteiger partial charge is 0.255 e. The summed E-state index contributed by atoms with van der Waals surface area (Å²) in [5, 5.41) is 0. The highest BCUT2D eigenvalue weighted by Crippen LogP contribution is 1.92. The molecule has 2 nitrogen and oxygen atoms in total. The van der Waals surface area contributed by atoms with Crippen LogP contribution in [0.1, 0.15) is 6.92 Å². The first-order valence-electron chi connectivity index (χ1n) is 3.15. The van der Waals surface area contributed by atoms with Crippen LogP contribution in [0.5, 0.6) is 0 Å². The molecule has 10 heavy (non-hydrogen) atoms. The Kier molecular flexibility index (Phi) is 4.80. The molecule has 0 aromatic carbocycles. The van der Waals surface area contributed by atoms with Crippen molar-refractivity contribution in [1.82, 2.24) is 4.90 Å². The number of hydrogen-bond donors (Lipinski definition) is 0. The van der Waals surface area contributed by atoms with Crippen molar-refractivity contribution in [2.45, 2.75) is 13.3 Å². The Bertz CT molecular complexity index is 104. The Morgan fingerprint density at radius 3 is 2.60 bits per heavy atom. The first-order chi connectivity index (χ1) is 4.66. The van der Waals surface area contributed by atoms with Gasteiger partial charge in [-0.2, -0.15) is 0 Å². The molecule has 0 atom stereocenters. The third-order valence-corrected chi connectivity index (χ3v) is 0.887. The van der Waals surface area contributed by atoms with Gasteiger partial charge in [-0.3, -0.25) is 4.99 Å². The van der Waals surface area contributed by atoms with Crippen LogP contribution in [0.3, 0.4) is 0 Å². The molecule has 0 heterocycles. The van der Waals surface area contributed by atoms with Crippen molar-refractivity contribution < 1.29 is 8.78 Å². The Labute approximate surface area is 59.6 Å². The summed E-state index contributed by atoms with van der Waals surface area (Å²) in [5.74, 6) is 0. The summed E-state index contributed by atoms with van der Waals surface area (Å²) in [7, 11) is 1.57. The van der Waals surface area contributed by atoms with Gasteiger partial charge < -0.3 is 4.90 Å². The molecule has 4 heteroatoms. The van der Waals surface area contributed by atoms with Gasteiger partial charge in [-0.25, -0.2) is 8.78 Å². The second kappa shape index (κ2) is 5.14. The number of aliphatic imine (C=N–C) groups is 1. The molecule has 0 aliphatic rings. The lowest BCUT2D eigenvalue weighted by Crippen LogP contribution is -2.22. The van der Waals surface area contributed by atoms with E-state index in [4.69, 9.17) is 0 Å². The highest BCUT2D eigenvalue weighted by molar-refractivity contribution is 5.54. The van der Waals surface area contributed by atoms with Crippen molar-refractivity contribution in [2.75, 3.05) is 20.1 Å². The van der Waals surface area contributed by atoms with Crippen molar-refractivity contribution >= 4 is 6.34 Å².